The molecule has 0 aromatic heterocycles. The first kappa shape index (κ1) is 25.3. The fraction of sp³-hybridized carbons (Fsp3) is 0.321. The number of rotatable bonds is 8. The van der Waals surface area contributed by atoms with Crippen LogP contribution in [0.25, 0.3) is 0 Å². The van der Waals surface area contributed by atoms with E-state index in [1.54, 1.807) is 18.9 Å². The monoisotopic (exact) mass is 493 g/mol. The average Bonchev–Trinajstić information content (AvgIpc) is 2.88. The number of carbonyl (C=O) groups is 1. The molecule has 6 nitrogen and oxygen atoms in total. The minimum Gasteiger partial charge on any atom is -0.496 e. The maximum Gasteiger partial charge on any atom is 0.221 e. The van der Waals surface area contributed by atoms with Crippen LogP contribution in [0.1, 0.15) is 42.9 Å². The van der Waals surface area contributed by atoms with Gasteiger partial charge in [0.05, 0.1) is 25.9 Å². The predicted octanol–water partition coefficient (Wildman–Crippen LogP) is 5.73. The van der Waals surface area contributed by atoms with Gasteiger partial charge in [0.15, 0.2) is 6.29 Å². The van der Waals surface area contributed by atoms with Gasteiger partial charge in [-0.25, -0.2) is 0 Å². The Balaban J connectivity index is 1.58. The number of thioether (sulfide) groups is 1. The molecule has 184 valence electrons. The average molecular weight is 494 g/mol. The molecule has 0 spiro atoms. The van der Waals surface area contributed by atoms with Gasteiger partial charge >= 0.3 is 0 Å². The van der Waals surface area contributed by atoms with E-state index in [0.717, 1.165) is 38.8 Å². The maximum atomic E-state index is 11.4. The van der Waals surface area contributed by atoms with Gasteiger partial charge in [0.25, 0.3) is 0 Å². The van der Waals surface area contributed by atoms with Crippen molar-refractivity contribution >= 4 is 23.4 Å². The van der Waals surface area contributed by atoms with Gasteiger partial charge < -0.3 is 24.6 Å². The Kier molecular flexibility index (Phi) is 8.46. The fourth-order valence-corrected chi connectivity index (χ4v) is 5.34. The first-order valence-corrected chi connectivity index (χ1v) is 12.6. The highest BCUT2D eigenvalue weighted by molar-refractivity contribution is 7.99. The van der Waals surface area contributed by atoms with Crippen molar-refractivity contribution in [1.29, 1.82) is 0 Å². The Morgan fingerprint density at radius 1 is 1.00 bits per heavy atom. The number of amides is 1. The molecule has 2 N–H and O–H groups in total. The van der Waals surface area contributed by atoms with Crippen LogP contribution in [0.15, 0.2) is 77.7 Å². The molecule has 1 aliphatic rings. The minimum absolute atomic E-state index is 0.00587. The van der Waals surface area contributed by atoms with E-state index in [9.17, 15) is 9.90 Å². The molecule has 3 aromatic carbocycles. The van der Waals surface area contributed by atoms with Gasteiger partial charge in [-0.3, -0.25) is 4.79 Å². The van der Waals surface area contributed by atoms with E-state index in [1.165, 1.54) is 6.92 Å². The van der Waals surface area contributed by atoms with Gasteiger partial charge in [-0.15, -0.1) is 11.8 Å². The number of methoxy groups -OCH3 is 1. The molecular formula is C28H31NO5S. The highest BCUT2D eigenvalue weighted by Gasteiger charge is 2.38. The van der Waals surface area contributed by atoms with Gasteiger partial charge in [-0.05, 0) is 35.4 Å². The zero-order valence-corrected chi connectivity index (χ0v) is 21.0. The van der Waals surface area contributed by atoms with Crippen molar-refractivity contribution < 1.29 is 24.1 Å². The molecule has 0 radical (unpaired) electrons. The number of hydrogen-bond acceptors (Lipinski definition) is 6. The second-order valence-electron chi connectivity index (χ2n) is 8.59. The third-order valence-electron chi connectivity index (χ3n) is 6.10. The van der Waals surface area contributed by atoms with E-state index in [2.05, 4.69) is 18.3 Å². The second-order valence-corrected chi connectivity index (χ2v) is 9.65. The summed E-state index contributed by atoms with van der Waals surface area (Å²) in [6, 6.07) is 23.4. The summed E-state index contributed by atoms with van der Waals surface area (Å²) in [5, 5.41) is 12.2. The maximum absolute atomic E-state index is 11.4. The molecule has 1 aliphatic heterocycles. The van der Waals surface area contributed by atoms with E-state index in [-0.39, 0.29) is 30.6 Å². The number of anilines is 1. The van der Waals surface area contributed by atoms with E-state index in [1.807, 2.05) is 66.7 Å². The Morgan fingerprint density at radius 3 is 2.34 bits per heavy atom. The highest BCUT2D eigenvalue weighted by atomic mass is 32.2. The van der Waals surface area contributed by atoms with Crippen molar-refractivity contribution in [1.82, 2.24) is 0 Å². The molecule has 1 heterocycles. The van der Waals surface area contributed by atoms with Crippen molar-refractivity contribution in [2.75, 3.05) is 18.2 Å². The zero-order valence-electron chi connectivity index (χ0n) is 20.1. The molecule has 35 heavy (non-hydrogen) atoms. The van der Waals surface area contributed by atoms with Gasteiger partial charge in [-0.1, -0.05) is 55.5 Å². The normalized spacial score (nSPS) is 21.9. The topological polar surface area (TPSA) is 77.0 Å². The number of ether oxygens (including phenoxy) is 3. The third kappa shape index (κ3) is 6.24. The van der Waals surface area contributed by atoms with Crippen LogP contribution in [0.2, 0.25) is 0 Å². The molecule has 4 atom stereocenters. The van der Waals surface area contributed by atoms with Crippen molar-refractivity contribution in [3.8, 4) is 5.75 Å². The highest BCUT2D eigenvalue weighted by Crippen LogP contribution is 2.43. The molecule has 7 heteroatoms. The van der Waals surface area contributed by atoms with Crippen LogP contribution in [0.5, 0.6) is 5.75 Å². The smallest absolute Gasteiger partial charge is 0.221 e. The van der Waals surface area contributed by atoms with E-state index < -0.39 is 6.29 Å². The Labute approximate surface area is 210 Å². The molecule has 0 bridgehead atoms. The number of benzene rings is 3. The van der Waals surface area contributed by atoms with Gasteiger partial charge in [-0.2, -0.15) is 0 Å². The zero-order chi connectivity index (χ0) is 24.8. The van der Waals surface area contributed by atoms with Crippen molar-refractivity contribution in [2.24, 2.45) is 5.92 Å². The summed E-state index contributed by atoms with van der Waals surface area (Å²) in [5.74, 6) is 1.55. The minimum atomic E-state index is -0.552. The number of nitrogens with one attached hydrogen (secondary N) is 1. The lowest BCUT2D eigenvalue weighted by atomic mass is 9.91. The Bertz CT molecular complexity index is 1120. The lowest BCUT2D eigenvalue weighted by Gasteiger charge is -2.41. The molecule has 1 saturated heterocycles. The molecule has 3 aromatic rings. The molecular weight excluding hydrogens is 462 g/mol. The number of hydrogen-bond donors (Lipinski definition) is 2. The van der Waals surface area contributed by atoms with E-state index >= 15 is 0 Å². The largest absolute Gasteiger partial charge is 0.496 e. The van der Waals surface area contributed by atoms with Crippen LogP contribution in [-0.4, -0.2) is 30.0 Å². The van der Waals surface area contributed by atoms with E-state index in [0.29, 0.717) is 0 Å². The van der Waals surface area contributed by atoms with Crippen LogP contribution >= 0.6 is 11.8 Å². The molecule has 0 aliphatic carbocycles. The Morgan fingerprint density at radius 2 is 1.69 bits per heavy atom. The van der Waals surface area contributed by atoms with Gasteiger partial charge in [0.2, 0.25) is 5.91 Å². The summed E-state index contributed by atoms with van der Waals surface area (Å²) >= 11 is 1.71. The number of carbonyl (C=O) groups excluding carboxylic acids is 1. The molecule has 1 fully saturated rings. The first-order chi connectivity index (χ1) is 17.0. The van der Waals surface area contributed by atoms with Crippen LogP contribution in [0.3, 0.4) is 0 Å². The van der Waals surface area contributed by atoms with Crippen molar-refractivity contribution in [3.05, 3.63) is 89.5 Å². The summed E-state index contributed by atoms with van der Waals surface area (Å²) in [5.41, 5.74) is 3.52. The lowest BCUT2D eigenvalue weighted by Crippen LogP contribution is -2.38. The number of aliphatic hydroxyl groups is 1. The number of aliphatic hydroxyl groups excluding tert-OH is 1. The van der Waals surface area contributed by atoms with Crippen LogP contribution in [0.4, 0.5) is 5.69 Å². The predicted molar refractivity (Wildman–Crippen MR) is 137 cm³/mol. The van der Waals surface area contributed by atoms with Crippen LogP contribution < -0.4 is 10.1 Å². The third-order valence-corrected chi connectivity index (χ3v) is 7.24. The van der Waals surface area contributed by atoms with Crippen molar-refractivity contribution in [2.45, 2.75) is 43.8 Å². The summed E-state index contributed by atoms with van der Waals surface area (Å²) in [7, 11) is 1.68. The van der Waals surface area contributed by atoms with Crippen molar-refractivity contribution in [3.63, 3.8) is 0 Å². The Hall–Kier alpha value is -2.84. The van der Waals surface area contributed by atoms with Crippen LogP contribution in [0, 0.1) is 5.92 Å². The lowest BCUT2D eigenvalue weighted by molar-refractivity contribution is -0.268. The van der Waals surface area contributed by atoms with Crippen LogP contribution in [-0.2, 0) is 20.9 Å². The quantitative estimate of drug-likeness (QED) is 0.390. The molecule has 1 amide bonds. The summed E-state index contributed by atoms with van der Waals surface area (Å²) in [6.45, 7) is 3.64. The standard InChI is InChI=1S/C28H31NO5S/c1-18-25(17-35-26-7-5-4-6-24(26)32-3)33-28(22-12-14-23(15-13-22)29-19(2)31)34-27(18)21-10-8-20(16-30)9-11-21/h4-15,18,25,27-28,30H,16-17H2,1-3H3,(H,29,31)/t18-,25+,27+,28+/m0/s1. The summed E-state index contributed by atoms with van der Waals surface area (Å²) in [4.78, 5) is 12.4. The second kappa shape index (κ2) is 11.7. The molecule has 0 saturated carbocycles. The van der Waals surface area contributed by atoms with Gasteiger partial charge in [0, 0.05) is 34.7 Å². The number of para-hydroxylation sites is 1. The van der Waals surface area contributed by atoms with Gasteiger partial charge in [0.1, 0.15) is 5.75 Å². The van der Waals surface area contributed by atoms with E-state index in [4.69, 9.17) is 14.2 Å². The summed E-state index contributed by atoms with van der Waals surface area (Å²) in [6.07, 6.45) is -0.815. The molecule has 4 rings (SSSR count). The SMILES string of the molecule is COc1ccccc1SC[C@H]1O[C@@H](c2ccc(NC(C)=O)cc2)O[C@@H](c2ccc(CO)cc2)[C@H]1C. The first-order valence-electron chi connectivity index (χ1n) is 11.6. The molecule has 0 unspecified atom stereocenters. The fourth-order valence-electron chi connectivity index (χ4n) is 4.15. The summed E-state index contributed by atoms with van der Waals surface area (Å²) < 4.78 is 18.5.